The fourth-order valence-electron chi connectivity index (χ4n) is 17.5. The molecule has 35 heteroatoms. The number of carbonyl (C=O) groups excluding carboxylic acids is 3. The number of aromatic nitrogens is 4. The Morgan fingerprint density at radius 3 is 1.09 bits per heavy atom. The van der Waals surface area contributed by atoms with Crippen molar-refractivity contribution < 1.29 is 119 Å². The molecule has 4 aromatic carbocycles. The molecule has 4 aliphatic heterocycles. The summed E-state index contributed by atoms with van der Waals surface area (Å²) in [6, 6.07) is 23.8. The molecule has 0 aliphatic carbocycles. The zero-order valence-corrected chi connectivity index (χ0v) is 83.7. The summed E-state index contributed by atoms with van der Waals surface area (Å²) >= 11 is 0. The highest BCUT2D eigenvalue weighted by Crippen LogP contribution is 2.47. The van der Waals surface area contributed by atoms with Crippen molar-refractivity contribution in [2.24, 2.45) is 0 Å². The van der Waals surface area contributed by atoms with E-state index < -0.39 is 117 Å². The lowest BCUT2D eigenvalue weighted by Crippen LogP contribution is -2.40. The number of ketones is 2. The van der Waals surface area contributed by atoms with Crippen LogP contribution in [0.3, 0.4) is 0 Å². The van der Waals surface area contributed by atoms with Gasteiger partial charge in [0.05, 0.1) is 135 Å². The van der Waals surface area contributed by atoms with Crippen molar-refractivity contribution in [3.8, 4) is 44.5 Å². The zero-order valence-electron chi connectivity index (χ0n) is 82.0. The molecule has 1 amide bonds. The number of carboxylic acid groups (broad SMARTS) is 2. The predicted molar refractivity (Wildman–Crippen MR) is 533 cm³/mol. The minimum absolute atomic E-state index is 0.0165. The van der Waals surface area contributed by atoms with Crippen LogP contribution < -0.4 is 18.4 Å². The number of carboxylic acids is 2. The number of amides is 1. The number of hydrogen-bond acceptors (Lipinski definition) is 24. The molecule has 4 aromatic heterocycles. The molecule has 10 N–H and O–H groups in total. The van der Waals surface area contributed by atoms with Crippen molar-refractivity contribution in [2.45, 2.75) is 264 Å². The van der Waals surface area contributed by atoms with Crippen molar-refractivity contribution in [1.29, 1.82) is 0 Å². The number of benzene rings is 4. The minimum Gasteiger partial charge on any atom is -0.481 e. The number of Topliss-reactive ketones (excluding diaryl/α,β-unsaturated/α-hetero) is 2. The Morgan fingerprint density at radius 2 is 0.750 bits per heavy atom. The van der Waals surface area contributed by atoms with Gasteiger partial charge in [-0.2, -0.15) is 0 Å². The Kier molecular flexibility index (Phi) is 40.5. The average Bonchev–Trinajstić information content (AvgIpc) is 1.07. The highest BCUT2D eigenvalue weighted by Gasteiger charge is 2.38. The lowest BCUT2D eigenvalue weighted by Gasteiger charge is -2.31. The number of nitrogens with zero attached hydrogens (tertiary/aromatic N) is 8. The van der Waals surface area contributed by atoms with Gasteiger partial charge in [0.1, 0.15) is 58.1 Å². The maximum Gasteiger partial charge on any atom is 0.305 e. The average molecular weight is 1980 g/mol. The molecule has 4 aliphatic rings. The highest BCUT2D eigenvalue weighted by atomic mass is 32.2. The van der Waals surface area contributed by atoms with Gasteiger partial charge in [-0.25, -0.2) is 58.6 Å². The summed E-state index contributed by atoms with van der Waals surface area (Å²) in [6.45, 7) is 23.4. The number of ether oxygens (including phenoxy) is 2. The number of hydrogen-bond donors (Lipinski definition) is 10. The molecule has 0 fully saturated rings. The van der Waals surface area contributed by atoms with E-state index in [2.05, 4.69) is 18.7 Å². The van der Waals surface area contributed by atoms with Crippen LogP contribution in [0.5, 0.6) is 0 Å². The van der Waals surface area contributed by atoms with Crippen LogP contribution in [0.25, 0.3) is 68.8 Å². The van der Waals surface area contributed by atoms with Gasteiger partial charge in [0.25, 0.3) is 0 Å². The van der Waals surface area contributed by atoms with Gasteiger partial charge in [0, 0.05) is 110 Å². The van der Waals surface area contributed by atoms with E-state index in [4.69, 9.17) is 39.6 Å². The molecule has 758 valence electrons. The van der Waals surface area contributed by atoms with Crippen LogP contribution in [0.4, 0.5) is 40.8 Å². The first-order chi connectivity index (χ1) is 65.8. The van der Waals surface area contributed by atoms with Crippen LogP contribution in [-0.2, 0) is 79.5 Å². The fourth-order valence-corrected chi connectivity index (χ4v) is 19.6. The molecule has 0 radical (unpaired) electrons. The quantitative estimate of drug-likeness (QED) is 0.0167. The summed E-state index contributed by atoms with van der Waals surface area (Å²) in [6.07, 6.45) is 8.71. The van der Waals surface area contributed by atoms with Crippen molar-refractivity contribution >= 4 is 97.0 Å². The number of pyridine rings is 4. The Hall–Kier alpha value is -11.2. The molecule has 10 atom stereocenters. The van der Waals surface area contributed by atoms with E-state index in [0.29, 0.717) is 86.7 Å². The Labute approximate surface area is 816 Å². The van der Waals surface area contributed by atoms with Crippen LogP contribution >= 0.6 is 0 Å². The van der Waals surface area contributed by atoms with Crippen molar-refractivity contribution in [1.82, 2.24) is 19.9 Å². The number of halogens is 4. The van der Waals surface area contributed by atoms with E-state index in [-0.39, 0.29) is 129 Å². The van der Waals surface area contributed by atoms with Crippen LogP contribution in [0, 0.1) is 23.3 Å². The van der Waals surface area contributed by atoms with Crippen molar-refractivity contribution in [3.63, 3.8) is 0 Å². The first kappa shape index (κ1) is 112. The topological polar surface area (TPSA) is 439 Å². The Balaban J connectivity index is 0.000000209. The van der Waals surface area contributed by atoms with Crippen molar-refractivity contribution in [3.05, 3.63) is 212 Å². The maximum absolute atomic E-state index is 13.8. The molecule has 8 aromatic rings. The summed E-state index contributed by atoms with van der Waals surface area (Å²) in [5.74, 6) is -2.26. The van der Waals surface area contributed by atoms with E-state index in [1.54, 1.807) is 98.6 Å². The molecule has 29 nitrogen and oxygen atoms in total. The van der Waals surface area contributed by atoms with Crippen molar-refractivity contribution in [2.75, 3.05) is 64.7 Å². The zero-order chi connectivity index (χ0) is 103. The minimum atomic E-state index is -3.72. The Bertz CT molecular complexity index is 6050. The van der Waals surface area contributed by atoms with Gasteiger partial charge in [0.15, 0.2) is 0 Å². The summed E-state index contributed by atoms with van der Waals surface area (Å²) in [5, 5.41) is 99.5. The van der Waals surface area contributed by atoms with Crippen LogP contribution in [0.2, 0.25) is 0 Å². The third kappa shape index (κ3) is 30.7. The smallest absolute Gasteiger partial charge is 0.305 e. The van der Waals surface area contributed by atoms with Gasteiger partial charge in [0.2, 0.25) is 26.0 Å². The summed E-state index contributed by atoms with van der Waals surface area (Å²) in [7, 11) is -3.66. The summed E-state index contributed by atoms with van der Waals surface area (Å²) < 4.78 is 121. The number of fused-ring (bicyclic) bond motifs is 4. The number of aliphatic hydroxyl groups is 8. The second-order valence-electron chi connectivity index (χ2n) is 37.4. The van der Waals surface area contributed by atoms with Gasteiger partial charge in [-0.15, -0.1) is 0 Å². The van der Waals surface area contributed by atoms with E-state index in [0.717, 1.165) is 87.9 Å². The summed E-state index contributed by atoms with van der Waals surface area (Å²) in [4.78, 5) is 79.9. The van der Waals surface area contributed by atoms with E-state index in [1.165, 1.54) is 89.2 Å². The fraction of sp³-hybridized carbons (Fsp3) is 0.457. The van der Waals surface area contributed by atoms with E-state index in [1.807, 2.05) is 54.7 Å². The number of carbonyl (C=O) groups is 5. The van der Waals surface area contributed by atoms with E-state index >= 15 is 0 Å². The monoisotopic (exact) mass is 1980 g/mol. The van der Waals surface area contributed by atoms with E-state index in [9.17, 15) is 99.2 Å². The highest BCUT2D eigenvalue weighted by molar-refractivity contribution is 7.92. The second kappa shape index (κ2) is 50.5. The van der Waals surface area contributed by atoms with Gasteiger partial charge < -0.3 is 65.4 Å². The molecule has 12 rings (SSSR count). The second-order valence-corrected chi connectivity index (χ2v) is 41.2. The Morgan fingerprint density at radius 1 is 0.436 bits per heavy atom. The first-order valence-electron chi connectivity index (χ1n) is 46.9. The standard InChI is InChI=1S/C27H35FN2O6S.C26H33FN2O7S.C26H31FN2O5.C26H33FN2O3/c1-16(2)26-23(11-10-21(32)13-22(33)12-17(3)31)25(19-6-8-20(28)9-7-19)24-15-36-18(4)14-30(27(24)29-26)37(5,34)35;1-15(2)25-21(10-9-19(30)11-20(31)12-23(32)33)24(17-5-7-18(27)8-6-17)22-14-36-13-16(3)29(26(22)28-25)37(4,34)35;1-15(2)25-20(12-11-18(30)13-19(31)14-23(33)34)24(16-7-9-17(27)10-8-16)21-5-4-6-22(32)29(3)26(21)28-25;1-16(2)25-22(12-11-20(31)15-21(32)14-17(3)30)24(18-7-9-19(27)10-8-18)23-6-5-13-29(4)26(23)28-25/h6-11,16,18,21-22,32-33H,12-15H2,1-5H3;5-10,15-16,19-20,30-31H,11-14H2,1-4H3,(H,32,33);7-12,15,18-19,30-31H,4-6,13-14H2,1-3H3,(H,33,34);7-12,16,20-21,31-32H,5-6,13-15H2,1-4H3/b11-10+;10-9+;2*12-11+/t18-,21-,22+;16-,19-,20-;18-,19-;20-,21+/m1111/s1. The largest absolute Gasteiger partial charge is 0.481 e. The van der Waals surface area contributed by atoms with Gasteiger partial charge in [-0.1, -0.05) is 153 Å². The predicted octanol–water partition coefficient (Wildman–Crippen LogP) is 15.5. The number of aliphatic hydroxyl groups excluding tert-OH is 8. The molecule has 0 unspecified atom stereocenters. The lowest BCUT2D eigenvalue weighted by molar-refractivity contribution is -0.140. The van der Waals surface area contributed by atoms with Crippen LogP contribution in [0.15, 0.2) is 121 Å². The third-order valence-electron chi connectivity index (χ3n) is 23.9. The SMILES string of the molecule is CC(=O)C[C@H](O)C[C@H](O)/C=C/c1c(C(C)C)nc2c(c1-c1ccc(F)cc1)CCCN2C.CC(=O)C[C@H](O)C[C@H](O)/C=C/c1c(C(C)C)nc2c(c1-c1ccc(F)cc1)CO[C@H](C)CN2S(C)(=O)=O.CC(C)c1nc2c(c(-c3ccc(F)cc3)c1/C=C/[C@@H](O)C[C@@H](O)CC(=O)O)CCCC(=O)N2C.CC(C)c1nc2c(c(-c3ccc(F)cc3)c1/C=C/[C@@H](O)C[C@@H](O)CC(=O)O)COC[C@@H](C)N2S(C)(=O)=O. The number of anilines is 4. The molecule has 0 spiro atoms. The molecule has 0 saturated carbocycles. The molecule has 0 bridgehead atoms. The lowest BCUT2D eigenvalue weighted by atomic mass is 9.87. The van der Waals surface area contributed by atoms with Crippen LogP contribution in [0.1, 0.15) is 245 Å². The van der Waals surface area contributed by atoms with Gasteiger partial charge >= 0.3 is 11.9 Å². The van der Waals surface area contributed by atoms with Gasteiger partial charge in [-0.05, 0) is 170 Å². The molecule has 0 saturated heterocycles. The molecular formula is C105H132F4N8O21S2. The normalized spacial score (nSPS) is 17.0. The van der Waals surface area contributed by atoms with Crippen LogP contribution in [-0.4, -0.2) is 225 Å². The third-order valence-corrected chi connectivity index (χ3v) is 26.3. The number of rotatable bonds is 34. The summed E-state index contributed by atoms with van der Waals surface area (Å²) in [5.41, 5.74) is 14.7. The van der Waals surface area contributed by atoms with Gasteiger partial charge in [-0.3, -0.25) is 33.2 Å². The first-order valence-corrected chi connectivity index (χ1v) is 50.6. The maximum atomic E-state index is 13.8. The molecular weight excluding hydrogens is 1850 g/mol. The number of aliphatic carboxylic acids is 2. The number of sulfonamides is 2. The molecule has 140 heavy (non-hydrogen) atoms. The molecule has 8 heterocycles.